The molecule has 2 N–H and O–H groups in total. The van der Waals surface area contributed by atoms with Crippen LogP contribution in [0.25, 0.3) is 0 Å². The van der Waals surface area contributed by atoms with Crippen LogP contribution < -0.4 is 15.4 Å². The van der Waals surface area contributed by atoms with Crippen LogP contribution in [0.5, 0.6) is 5.75 Å². The Morgan fingerprint density at radius 3 is 2.78 bits per heavy atom. The van der Waals surface area contributed by atoms with Crippen molar-refractivity contribution in [1.82, 2.24) is 10.2 Å². The SMILES string of the molecule is COc1ccccc1NC(=O)C1=C(C)N(C2CC2)C(=S)NC1c1ccsc1. The number of thiophene rings is 1. The van der Waals surface area contributed by atoms with Crippen LogP contribution in [0.4, 0.5) is 5.69 Å². The number of hydrogen-bond acceptors (Lipinski definition) is 4. The number of anilines is 1. The molecule has 2 aliphatic rings. The van der Waals surface area contributed by atoms with Crippen molar-refractivity contribution in [3.05, 3.63) is 57.9 Å². The van der Waals surface area contributed by atoms with E-state index in [0.29, 0.717) is 28.2 Å². The maximum Gasteiger partial charge on any atom is 0.255 e. The lowest BCUT2D eigenvalue weighted by Crippen LogP contribution is -2.49. The van der Waals surface area contributed by atoms with E-state index in [2.05, 4.69) is 20.9 Å². The van der Waals surface area contributed by atoms with Gasteiger partial charge in [0.2, 0.25) is 0 Å². The van der Waals surface area contributed by atoms with Crippen molar-refractivity contribution in [2.45, 2.75) is 31.8 Å². The first-order valence-electron chi connectivity index (χ1n) is 8.87. The number of allylic oxidation sites excluding steroid dienone is 1. The third-order valence-electron chi connectivity index (χ3n) is 4.91. The summed E-state index contributed by atoms with van der Waals surface area (Å²) in [7, 11) is 1.60. The number of thiocarbonyl (C=S) groups is 1. The number of ether oxygens (including phenoxy) is 1. The van der Waals surface area contributed by atoms with E-state index in [1.54, 1.807) is 18.4 Å². The maximum absolute atomic E-state index is 13.3. The van der Waals surface area contributed by atoms with E-state index >= 15 is 0 Å². The van der Waals surface area contributed by atoms with Gasteiger partial charge in [-0.05, 0) is 66.5 Å². The Bertz CT molecular complexity index is 904. The first kappa shape index (κ1) is 18.0. The number of nitrogens with one attached hydrogen (secondary N) is 2. The summed E-state index contributed by atoms with van der Waals surface area (Å²) < 4.78 is 5.37. The molecule has 0 bridgehead atoms. The molecule has 1 unspecified atom stereocenters. The number of carbonyl (C=O) groups is 1. The van der Waals surface area contributed by atoms with Gasteiger partial charge in [0.15, 0.2) is 5.11 Å². The summed E-state index contributed by atoms with van der Waals surface area (Å²) in [4.78, 5) is 15.4. The topological polar surface area (TPSA) is 53.6 Å². The molecule has 1 amide bonds. The van der Waals surface area contributed by atoms with Gasteiger partial charge in [-0.15, -0.1) is 0 Å². The van der Waals surface area contributed by atoms with E-state index in [4.69, 9.17) is 17.0 Å². The van der Waals surface area contributed by atoms with Gasteiger partial charge in [0.05, 0.1) is 24.4 Å². The van der Waals surface area contributed by atoms with Crippen LogP contribution in [-0.4, -0.2) is 29.1 Å². The lowest BCUT2D eigenvalue weighted by atomic mass is 9.96. The molecular weight excluding hydrogens is 378 g/mol. The van der Waals surface area contributed by atoms with Crippen LogP contribution in [0.1, 0.15) is 31.4 Å². The Balaban J connectivity index is 1.72. The molecule has 0 spiro atoms. The van der Waals surface area contributed by atoms with Crippen molar-refractivity contribution >= 4 is 40.3 Å². The summed E-state index contributed by atoms with van der Waals surface area (Å²) in [5.74, 6) is 0.489. The highest BCUT2D eigenvalue weighted by atomic mass is 32.1. The van der Waals surface area contributed by atoms with Gasteiger partial charge in [-0.3, -0.25) is 4.79 Å². The average Bonchev–Trinajstić information content (AvgIpc) is 3.33. The number of rotatable bonds is 5. The molecule has 0 saturated heterocycles. The van der Waals surface area contributed by atoms with Crippen molar-refractivity contribution in [2.24, 2.45) is 0 Å². The summed E-state index contributed by atoms with van der Waals surface area (Å²) in [6.45, 7) is 1.99. The summed E-state index contributed by atoms with van der Waals surface area (Å²) in [6.07, 6.45) is 2.20. The molecule has 1 aromatic carbocycles. The molecular formula is C20H21N3O2S2. The van der Waals surface area contributed by atoms with Gasteiger partial charge < -0.3 is 20.3 Å². The van der Waals surface area contributed by atoms with E-state index in [1.165, 1.54) is 0 Å². The van der Waals surface area contributed by atoms with Crippen LogP contribution in [0.15, 0.2) is 52.4 Å². The average molecular weight is 400 g/mol. The lowest BCUT2D eigenvalue weighted by molar-refractivity contribution is -0.113. The molecule has 5 nitrogen and oxygen atoms in total. The van der Waals surface area contributed by atoms with E-state index in [9.17, 15) is 4.79 Å². The zero-order chi connectivity index (χ0) is 19.0. The predicted molar refractivity (Wildman–Crippen MR) is 112 cm³/mol. The number of para-hydroxylation sites is 2. The number of nitrogens with zero attached hydrogens (tertiary/aromatic N) is 1. The molecule has 1 aliphatic heterocycles. The van der Waals surface area contributed by atoms with Crippen LogP contribution in [-0.2, 0) is 4.79 Å². The zero-order valence-corrected chi connectivity index (χ0v) is 16.8. The molecule has 1 saturated carbocycles. The van der Waals surface area contributed by atoms with Crippen LogP contribution in [0.2, 0.25) is 0 Å². The van der Waals surface area contributed by atoms with Crippen LogP contribution >= 0.6 is 23.6 Å². The quantitative estimate of drug-likeness (QED) is 0.743. The zero-order valence-electron chi connectivity index (χ0n) is 15.2. The molecule has 1 aromatic heterocycles. The summed E-state index contributed by atoms with van der Waals surface area (Å²) in [6, 6.07) is 9.59. The molecule has 1 aliphatic carbocycles. The normalized spacial score (nSPS) is 19.7. The predicted octanol–water partition coefficient (Wildman–Crippen LogP) is 4.06. The standard InChI is InChI=1S/C20H21N3O2S2/c1-12-17(19(24)21-15-5-3-4-6-16(15)25-2)18(13-9-10-27-11-13)22-20(26)23(12)14-7-8-14/h3-6,9-11,14,18H,7-8H2,1-2H3,(H,21,24)(H,22,26). The van der Waals surface area contributed by atoms with Crippen molar-refractivity contribution < 1.29 is 9.53 Å². The first-order valence-corrected chi connectivity index (χ1v) is 10.2. The Hall–Kier alpha value is -2.38. The molecule has 1 fully saturated rings. The summed E-state index contributed by atoms with van der Waals surface area (Å²) in [5.41, 5.74) is 3.31. The second-order valence-corrected chi connectivity index (χ2v) is 7.86. The van der Waals surface area contributed by atoms with Crippen molar-refractivity contribution in [1.29, 1.82) is 0 Å². The number of benzene rings is 1. The summed E-state index contributed by atoms with van der Waals surface area (Å²) >= 11 is 7.22. The molecule has 2 aromatic rings. The summed E-state index contributed by atoms with van der Waals surface area (Å²) in [5, 5.41) is 11.2. The maximum atomic E-state index is 13.3. The first-order chi connectivity index (χ1) is 13.1. The third kappa shape index (κ3) is 3.44. The fraction of sp³-hybridized carbons (Fsp3) is 0.300. The fourth-order valence-electron chi connectivity index (χ4n) is 3.45. The largest absolute Gasteiger partial charge is 0.495 e. The van der Waals surface area contributed by atoms with Crippen LogP contribution in [0.3, 0.4) is 0 Å². The number of amides is 1. The van der Waals surface area contributed by atoms with Gasteiger partial charge in [-0.2, -0.15) is 11.3 Å². The molecule has 7 heteroatoms. The van der Waals surface area contributed by atoms with E-state index < -0.39 is 0 Å². The number of carbonyl (C=O) groups excluding carboxylic acids is 1. The highest BCUT2D eigenvalue weighted by Crippen LogP contribution is 2.38. The lowest BCUT2D eigenvalue weighted by Gasteiger charge is -2.37. The Labute approximate surface area is 168 Å². The van der Waals surface area contributed by atoms with Crippen LogP contribution in [0, 0.1) is 0 Å². The molecule has 1 atom stereocenters. The van der Waals surface area contributed by atoms with E-state index in [1.807, 2.05) is 42.6 Å². The number of hydrogen-bond donors (Lipinski definition) is 2. The van der Waals surface area contributed by atoms with Gasteiger partial charge in [0.1, 0.15) is 5.75 Å². The van der Waals surface area contributed by atoms with E-state index in [-0.39, 0.29) is 11.9 Å². The minimum atomic E-state index is -0.256. The molecule has 27 heavy (non-hydrogen) atoms. The highest BCUT2D eigenvalue weighted by molar-refractivity contribution is 7.80. The molecule has 0 radical (unpaired) electrons. The monoisotopic (exact) mass is 399 g/mol. The second-order valence-electron chi connectivity index (χ2n) is 6.69. The Morgan fingerprint density at radius 1 is 1.33 bits per heavy atom. The Kier molecular flexibility index (Phi) is 4.88. The smallest absolute Gasteiger partial charge is 0.255 e. The van der Waals surface area contributed by atoms with Gasteiger partial charge >= 0.3 is 0 Å². The molecule has 4 rings (SSSR count). The van der Waals surface area contributed by atoms with Gasteiger partial charge in [-0.1, -0.05) is 12.1 Å². The fourth-order valence-corrected chi connectivity index (χ4v) is 4.54. The van der Waals surface area contributed by atoms with E-state index in [0.717, 1.165) is 24.1 Å². The van der Waals surface area contributed by atoms with Crippen molar-refractivity contribution in [3.8, 4) is 5.75 Å². The second kappa shape index (κ2) is 7.32. The number of methoxy groups -OCH3 is 1. The van der Waals surface area contributed by atoms with Crippen molar-refractivity contribution in [3.63, 3.8) is 0 Å². The van der Waals surface area contributed by atoms with Gasteiger partial charge in [-0.25, -0.2) is 0 Å². The van der Waals surface area contributed by atoms with Gasteiger partial charge in [0.25, 0.3) is 5.91 Å². The molecule has 2 heterocycles. The van der Waals surface area contributed by atoms with Crippen molar-refractivity contribution in [2.75, 3.05) is 12.4 Å². The third-order valence-corrected chi connectivity index (χ3v) is 5.93. The minimum Gasteiger partial charge on any atom is -0.495 e. The highest BCUT2D eigenvalue weighted by Gasteiger charge is 2.40. The van der Waals surface area contributed by atoms with Gasteiger partial charge in [0, 0.05) is 11.7 Å². The Morgan fingerprint density at radius 2 is 2.11 bits per heavy atom. The molecule has 140 valence electrons. The minimum absolute atomic E-state index is 0.145.